The Balaban J connectivity index is 1.77. The van der Waals surface area contributed by atoms with Crippen molar-refractivity contribution in [2.75, 3.05) is 18.0 Å². The fourth-order valence-electron chi connectivity index (χ4n) is 2.78. The minimum Gasteiger partial charge on any atom is -0.391 e. The maximum atomic E-state index is 9.89. The average molecular weight is 344 g/mol. The van der Waals surface area contributed by atoms with E-state index in [1.807, 2.05) is 17.6 Å². The van der Waals surface area contributed by atoms with Crippen LogP contribution in [0.1, 0.15) is 12.8 Å². The van der Waals surface area contributed by atoms with E-state index >= 15 is 0 Å². The zero-order chi connectivity index (χ0) is 15.6. The largest absolute Gasteiger partial charge is 0.391 e. The van der Waals surface area contributed by atoms with Crippen molar-refractivity contribution in [3.63, 3.8) is 0 Å². The van der Waals surface area contributed by atoms with Crippen molar-refractivity contribution in [1.29, 1.82) is 0 Å². The van der Waals surface area contributed by atoms with E-state index in [2.05, 4.69) is 26.3 Å². The summed E-state index contributed by atoms with van der Waals surface area (Å²) in [6.45, 7) is 1.47. The molecule has 0 amide bonds. The highest BCUT2D eigenvalue weighted by Crippen LogP contribution is 2.35. The Morgan fingerprint density at radius 2 is 2.17 bits per heavy atom. The number of piperidine rings is 1. The van der Waals surface area contributed by atoms with Crippen LogP contribution in [0.2, 0.25) is 0 Å². The summed E-state index contributed by atoms with van der Waals surface area (Å²) in [6, 6.07) is 4.10. The molecule has 0 aliphatic carbocycles. The van der Waals surface area contributed by atoms with Gasteiger partial charge in [-0.05, 0) is 24.3 Å². The zero-order valence-corrected chi connectivity index (χ0v) is 14.1. The Morgan fingerprint density at radius 3 is 2.91 bits per heavy atom. The number of thiophene rings is 1. The summed E-state index contributed by atoms with van der Waals surface area (Å²) in [5.41, 5.74) is 1.88. The van der Waals surface area contributed by atoms with Crippen LogP contribution in [0, 0.1) is 0 Å². The van der Waals surface area contributed by atoms with Crippen molar-refractivity contribution in [2.45, 2.75) is 18.9 Å². The lowest BCUT2D eigenvalue weighted by Crippen LogP contribution is -2.39. The van der Waals surface area contributed by atoms with Gasteiger partial charge in [0.1, 0.15) is 10.7 Å². The average Bonchev–Trinajstić information content (AvgIpc) is 3.28. The molecule has 4 heterocycles. The molecule has 0 unspecified atom stereocenters. The summed E-state index contributed by atoms with van der Waals surface area (Å²) < 4.78 is 0. The summed E-state index contributed by atoms with van der Waals surface area (Å²) in [5, 5.41) is 14.8. The third-order valence-corrected chi connectivity index (χ3v) is 5.56. The van der Waals surface area contributed by atoms with E-state index in [1.54, 1.807) is 28.9 Å². The lowest BCUT2D eigenvalue weighted by Gasteiger charge is -2.30. The van der Waals surface area contributed by atoms with E-state index in [-0.39, 0.29) is 6.10 Å². The SMILES string of the molecule is O[C@H]1CCCN(c2ncc(-c3cccs3)c(-c3nccs3)n2)C1. The molecule has 1 fully saturated rings. The van der Waals surface area contributed by atoms with E-state index in [9.17, 15) is 5.11 Å². The van der Waals surface area contributed by atoms with E-state index in [0.29, 0.717) is 12.5 Å². The van der Waals surface area contributed by atoms with Crippen molar-refractivity contribution in [3.8, 4) is 21.1 Å². The second-order valence-electron chi connectivity index (χ2n) is 5.49. The Bertz CT molecular complexity index is 773. The van der Waals surface area contributed by atoms with Crippen LogP contribution in [0.5, 0.6) is 0 Å². The molecule has 0 aromatic carbocycles. The number of thiazole rings is 1. The minimum atomic E-state index is -0.298. The third kappa shape index (κ3) is 2.99. The highest BCUT2D eigenvalue weighted by molar-refractivity contribution is 7.14. The number of anilines is 1. The molecule has 118 valence electrons. The van der Waals surface area contributed by atoms with Crippen LogP contribution in [-0.4, -0.2) is 39.3 Å². The number of aromatic nitrogens is 3. The Hall–Kier alpha value is -1.83. The Labute approximate surface area is 142 Å². The number of hydrogen-bond donors (Lipinski definition) is 1. The first kappa shape index (κ1) is 14.7. The van der Waals surface area contributed by atoms with Gasteiger partial charge in [0.25, 0.3) is 0 Å². The molecule has 1 aliphatic heterocycles. The van der Waals surface area contributed by atoms with Crippen LogP contribution in [0.4, 0.5) is 5.95 Å². The first-order valence-electron chi connectivity index (χ1n) is 7.55. The number of aliphatic hydroxyl groups is 1. The third-order valence-electron chi connectivity index (χ3n) is 3.88. The number of aliphatic hydroxyl groups excluding tert-OH is 1. The van der Waals surface area contributed by atoms with Crippen molar-refractivity contribution < 1.29 is 5.11 Å². The van der Waals surface area contributed by atoms with Gasteiger partial charge in [-0.2, -0.15) is 0 Å². The molecule has 1 aliphatic rings. The molecule has 4 rings (SSSR count). The lowest BCUT2D eigenvalue weighted by atomic mass is 10.1. The number of hydrogen-bond acceptors (Lipinski definition) is 7. The molecule has 3 aromatic rings. The van der Waals surface area contributed by atoms with Gasteiger partial charge in [-0.1, -0.05) is 6.07 Å². The molecule has 1 N–H and O–H groups in total. The summed E-state index contributed by atoms with van der Waals surface area (Å²) in [5.74, 6) is 0.675. The number of rotatable bonds is 3. The van der Waals surface area contributed by atoms with E-state index < -0.39 is 0 Å². The molecule has 0 saturated carbocycles. The Kier molecular flexibility index (Phi) is 4.07. The van der Waals surface area contributed by atoms with Crippen molar-refractivity contribution in [1.82, 2.24) is 15.0 Å². The van der Waals surface area contributed by atoms with E-state index in [0.717, 1.165) is 40.5 Å². The van der Waals surface area contributed by atoms with Gasteiger partial charge in [0.2, 0.25) is 5.95 Å². The normalized spacial score (nSPS) is 18.3. The molecular weight excluding hydrogens is 328 g/mol. The second-order valence-corrected chi connectivity index (χ2v) is 7.33. The topological polar surface area (TPSA) is 62.1 Å². The fraction of sp³-hybridized carbons (Fsp3) is 0.312. The van der Waals surface area contributed by atoms with Gasteiger partial charge >= 0.3 is 0 Å². The van der Waals surface area contributed by atoms with Crippen molar-refractivity contribution in [2.24, 2.45) is 0 Å². The first-order chi connectivity index (χ1) is 11.3. The summed E-state index contributed by atoms with van der Waals surface area (Å²) in [7, 11) is 0. The summed E-state index contributed by atoms with van der Waals surface area (Å²) in [4.78, 5) is 17.0. The van der Waals surface area contributed by atoms with Gasteiger partial charge in [0.05, 0.1) is 6.10 Å². The molecular formula is C16H16N4OS2. The zero-order valence-electron chi connectivity index (χ0n) is 12.4. The van der Waals surface area contributed by atoms with Crippen LogP contribution in [0.3, 0.4) is 0 Å². The molecule has 7 heteroatoms. The molecule has 5 nitrogen and oxygen atoms in total. The van der Waals surface area contributed by atoms with E-state index in [4.69, 9.17) is 4.98 Å². The van der Waals surface area contributed by atoms with Crippen LogP contribution < -0.4 is 4.90 Å². The van der Waals surface area contributed by atoms with Crippen LogP contribution >= 0.6 is 22.7 Å². The molecule has 0 radical (unpaired) electrons. The molecule has 3 aromatic heterocycles. The van der Waals surface area contributed by atoms with Gasteiger partial charge < -0.3 is 10.0 Å². The predicted octanol–water partition coefficient (Wildman–Crippen LogP) is 3.29. The number of β-amino-alcohol motifs (C(OH)–C–C–N with tert-alkyl or cyclic N) is 1. The minimum absolute atomic E-state index is 0.298. The smallest absolute Gasteiger partial charge is 0.226 e. The van der Waals surface area contributed by atoms with Gasteiger partial charge in [0.15, 0.2) is 0 Å². The standard InChI is InChI=1S/C16H16N4OS2/c21-11-3-1-6-20(10-11)16-18-9-12(13-4-2-7-22-13)14(19-16)15-17-5-8-23-15/h2,4-5,7-9,11,21H,1,3,6,10H2/t11-/m0/s1. The summed E-state index contributed by atoms with van der Waals surface area (Å²) >= 11 is 3.25. The van der Waals surface area contributed by atoms with Gasteiger partial charge in [0, 0.05) is 41.3 Å². The molecule has 23 heavy (non-hydrogen) atoms. The molecule has 1 saturated heterocycles. The van der Waals surface area contributed by atoms with Gasteiger partial charge in [-0.25, -0.2) is 15.0 Å². The first-order valence-corrected chi connectivity index (χ1v) is 9.31. The van der Waals surface area contributed by atoms with Crippen LogP contribution in [0.15, 0.2) is 35.3 Å². The molecule has 1 atom stereocenters. The van der Waals surface area contributed by atoms with Crippen LogP contribution in [0.25, 0.3) is 21.1 Å². The fourth-order valence-corrected chi connectivity index (χ4v) is 4.15. The highest BCUT2D eigenvalue weighted by Gasteiger charge is 2.22. The summed E-state index contributed by atoms with van der Waals surface area (Å²) in [6.07, 6.45) is 5.19. The quantitative estimate of drug-likeness (QED) is 0.790. The monoisotopic (exact) mass is 344 g/mol. The van der Waals surface area contributed by atoms with Crippen molar-refractivity contribution in [3.05, 3.63) is 35.3 Å². The Morgan fingerprint density at radius 1 is 1.22 bits per heavy atom. The lowest BCUT2D eigenvalue weighted by molar-refractivity contribution is 0.153. The molecule has 0 spiro atoms. The van der Waals surface area contributed by atoms with Crippen molar-refractivity contribution >= 4 is 28.6 Å². The van der Waals surface area contributed by atoms with E-state index in [1.165, 1.54) is 0 Å². The van der Waals surface area contributed by atoms with Gasteiger partial charge in [-0.15, -0.1) is 22.7 Å². The molecule has 0 bridgehead atoms. The highest BCUT2D eigenvalue weighted by atomic mass is 32.1. The maximum Gasteiger partial charge on any atom is 0.226 e. The van der Waals surface area contributed by atoms with Gasteiger partial charge in [-0.3, -0.25) is 0 Å². The maximum absolute atomic E-state index is 9.89. The second kappa shape index (κ2) is 6.35. The predicted molar refractivity (Wildman–Crippen MR) is 93.9 cm³/mol. The van der Waals surface area contributed by atoms with Crippen LogP contribution in [-0.2, 0) is 0 Å². The number of nitrogens with zero attached hydrogens (tertiary/aromatic N) is 4.